The SMILES string of the molecule is COCn1cc2cc(CC/C=C(\OC(C)=O)C(=O)OC)cc(C)c2n1. The number of rotatable bonds is 7. The summed E-state index contributed by atoms with van der Waals surface area (Å²) in [6, 6.07) is 4.11. The Morgan fingerprint density at radius 2 is 2.04 bits per heavy atom. The number of ether oxygens (including phenoxy) is 3. The van der Waals surface area contributed by atoms with Gasteiger partial charge in [0.15, 0.2) is 0 Å². The number of benzene rings is 1. The zero-order valence-corrected chi connectivity index (χ0v) is 14.9. The average molecular weight is 346 g/mol. The molecule has 0 saturated heterocycles. The first kappa shape index (κ1) is 18.7. The molecule has 25 heavy (non-hydrogen) atoms. The van der Waals surface area contributed by atoms with Crippen LogP contribution in [0.25, 0.3) is 10.9 Å². The summed E-state index contributed by atoms with van der Waals surface area (Å²) < 4.78 is 16.3. The Kier molecular flexibility index (Phi) is 6.30. The van der Waals surface area contributed by atoms with Gasteiger partial charge in [-0.05, 0) is 43.0 Å². The minimum Gasteiger partial charge on any atom is -0.463 e. The van der Waals surface area contributed by atoms with Crippen molar-refractivity contribution in [1.82, 2.24) is 9.78 Å². The van der Waals surface area contributed by atoms with Crippen LogP contribution in [0, 0.1) is 6.92 Å². The maximum Gasteiger partial charge on any atom is 0.373 e. The van der Waals surface area contributed by atoms with E-state index in [0.717, 1.165) is 22.0 Å². The Hall–Kier alpha value is -2.67. The fourth-order valence-electron chi connectivity index (χ4n) is 2.57. The maximum atomic E-state index is 11.6. The zero-order valence-electron chi connectivity index (χ0n) is 14.9. The predicted molar refractivity (Wildman–Crippen MR) is 91.7 cm³/mol. The normalized spacial score (nSPS) is 11.6. The van der Waals surface area contributed by atoms with Crippen molar-refractivity contribution in [3.8, 4) is 0 Å². The van der Waals surface area contributed by atoms with E-state index in [1.165, 1.54) is 14.0 Å². The number of fused-ring (bicyclic) bond motifs is 1. The van der Waals surface area contributed by atoms with Gasteiger partial charge < -0.3 is 14.2 Å². The van der Waals surface area contributed by atoms with Crippen LogP contribution < -0.4 is 0 Å². The number of hydrogen-bond acceptors (Lipinski definition) is 6. The summed E-state index contributed by atoms with van der Waals surface area (Å²) in [4.78, 5) is 22.7. The lowest BCUT2D eigenvalue weighted by molar-refractivity contribution is -0.148. The van der Waals surface area contributed by atoms with Gasteiger partial charge in [-0.15, -0.1) is 0 Å². The van der Waals surface area contributed by atoms with Crippen molar-refractivity contribution in [2.75, 3.05) is 14.2 Å². The van der Waals surface area contributed by atoms with Crippen molar-refractivity contribution in [2.45, 2.75) is 33.4 Å². The summed E-state index contributed by atoms with van der Waals surface area (Å²) in [5, 5.41) is 5.51. The molecular weight excluding hydrogens is 324 g/mol. The quantitative estimate of drug-likeness (QED) is 0.435. The number of aryl methyl sites for hydroxylation is 2. The van der Waals surface area contributed by atoms with Gasteiger partial charge in [-0.25, -0.2) is 9.48 Å². The van der Waals surface area contributed by atoms with Gasteiger partial charge in [-0.2, -0.15) is 5.10 Å². The van der Waals surface area contributed by atoms with Crippen LogP contribution in [0.1, 0.15) is 24.5 Å². The molecule has 134 valence electrons. The van der Waals surface area contributed by atoms with Crippen molar-refractivity contribution < 1.29 is 23.8 Å². The Bertz CT molecular complexity index is 807. The van der Waals surface area contributed by atoms with Gasteiger partial charge in [-0.3, -0.25) is 4.79 Å². The third-order valence-electron chi connectivity index (χ3n) is 3.57. The molecule has 1 aromatic heterocycles. The summed E-state index contributed by atoms with van der Waals surface area (Å²) in [7, 11) is 2.87. The Morgan fingerprint density at radius 3 is 2.68 bits per heavy atom. The third-order valence-corrected chi connectivity index (χ3v) is 3.57. The second-order valence-corrected chi connectivity index (χ2v) is 5.63. The minimum absolute atomic E-state index is 0.0827. The number of allylic oxidation sites excluding steroid dienone is 1. The Morgan fingerprint density at radius 1 is 1.28 bits per heavy atom. The third kappa shape index (κ3) is 4.90. The molecule has 7 heteroatoms. The highest BCUT2D eigenvalue weighted by molar-refractivity contribution is 5.89. The van der Waals surface area contributed by atoms with E-state index < -0.39 is 11.9 Å². The molecule has 0 bridgehead atoms. The van der Waals surface area contributed by atoms with Crippen molar-refractivity contribution in [3.63, 3.8) is 0 Å². The molecule has 0 spiro atoms. The van der Waals surface area contributed by atoms with Crippen molar-refractivity contribution in [3.05, 3.63) is 41.3 Å². The van der Waals surface area contributed by atoms with Gasteiger partial charge in [0.2, 0.25) is 5.76 Å². The number of aromatic nitrogens is 2. The number of nitrogens with zero attached hydrogens (tertiary/aromatic N) is 2. The molecule has 0 radical (unpaired) electrons. The first-order chi connectivity index (χ1) is 11.9. The number of carbonyl (C=O) groups excluding carboxylic acids is 2. The largest absolute Gasteiger partial charge is 0.463 e. The molecule has 0 saturated carbocycles. The standard InChI is InChI=1S/C18H22N2O5/c1-12-8-14(9-15-10-20(11-23-3)19-17(12)15)6-5-7-16(18(22)24-4)25-13(2)21/h7-10H,5-6,11H2,1-4H3/b16-7-. The molecule has 0 N–H and O–H groups in total. The van der Waals surface area contributed by atoms with Gasteiger partial charge >= 0.3 is 11.9 Å². The van der Waals surface area contributed by atoms with E-state index >= 15 is 0 Å². The van der Waals surface area contributed by atoms with Gasteiger partial charge in [0.05, 0.1) is 12.6 Å². The molecule has 0 unspecified atom stereocenters. The molecule has 2 aromatic rings. The topological polar surface area (TPSA) is 79.7 Å². The molecular formula is C18H22N2O5. The highest BCUT2D eigenvalue weighted by atomic mass is 16.6. The van der Waals surface area contributed by atoms with Crippen LogP contribution in [-0.2, 0) is 37.0 Å². The Labute approximate surface area is 146 Å². The summed E-state index contributed by atoms with van der Waals surface area (Å²) in [5.74, 6) is -1.30. The number of methoxy groups -OCH3 is 2. The van der Waals surface area contributed by atoms with E-state index in [-0.39, 0.29) is 5.76 Å². The minimum atomic E-state index is -0.664. The zero-order chi connectivity index (χ0) is 18.4. The number of carbonyl (C=O) groups is 2. The van der Waals surface area contributed by atoms with Crippen molar-refractivity contribution >= 4 is 22.8 Å². The lowest BCUT2D eigenvalue weighted by atomic mass is 10.0. The van der Waals surface area contributed by atoms with Crippen LogP contribution in [0.5, 0.6) is 0 Å². The fraction of sp³-hybridized carbons (Fsp3) is 0.389. The molecule has 0 fully saturated rings. The summed E-state index contributed by atoms with van der Waals surface area (Å²) in [6.45, 7) is 3.65. The molecule has 0 aliphatic heterocycles. The molecule has 0 aliphatic carbocycles. The van der Waals surface area contributed by atoms with Gasteiger partial charge in [0, 0.05) is 25.6 Å². The predicted octanol–water partition coefficient (Wildman–Crippen LogP) is 2.50. The molecule has 1 aromatic carbocycles. The highest BCUT2D eigenvalue weighted by Crippen LogP contribution is 2.20. The molecule has 0 atom stereocenters. The van der Waals surface area contributed by atoms with Crippen LogP contribution in [-0.4, -0.2) is 35.9 Å². The fourth-order valence-corrected chi connectivity index (χ4v) is 2.57. The van der Waals surface area contributed by atoms with Gasteiger partial charge in [-0.1, -0.05) is 6.07 Å². The first-order valence-electron chi connectivity index (χ1n) is 7.87. The van der Waals surface area contributed by atoms with Crippen molar-refractivity contribution in [1.29, 1.82) is 0 Å². The Balaban J connectivity index is 2.15. The van der Waals surface area contributed by atoms with E-state index in [2.05, 4.69) is 22.0 Å². The first-order valence-corrected chi connectivity index (χ1v) is 7.87. The molecule has 1 heterocycles. The van der Waals surface area contributed by atoms with Crippen LogP contribution in [0.15, 0.2) is 30.2 Å². The molecule has 0 amide bonds. The molecule has 7 nitrogen and oxygen atoms in total. The number of hydrogen-bond donors (Lipinski definition) is 0. The van der Waals surface area contributed by atoms with Crippen LogP contribution in [0.4, 0.5) is 0 Å². The summed E-state index contributed by atoms with van der Waals surface area (Å²) in [5.41, 5.74) is 3.11. The summed E-state index contributed by atoms with van der Waals surface area (Å²) >= 11 is 0. The second kappa shape index (κ2) is 8.43. The monoisotopic (exact) mass is 346 g/mol. The lowest BCUT2D eigenvalue weighted by Gasteiger charge is -2.05. The van der Waals surface area contributed by atoms with Gasteiger partial charge in [0.1, 0.15) is 6.73 Å². The average Bonchev–Trinajstić information content (AvgIpc) is 2.96. The van der Waals surface area contributed by atoms with Crippen molar-refractivity contribution in [2.24, 2.45) is 0 Å². The van der Waals surface area contributed by atoms with Crippen LogP contribution in [0.2, 0.25) is 0 Å². The number of esters is 2. The van der Waals surface area contributed by atoms with E-state index in [4.69, 9.17) is 9.47 Å². The van der Waals surface area contributed by atoms with Gasteiger partial charge in [0.25, 0.3) is 0 Å². The smallest absolute Gasteiger partial charge is 0.373 e. The summed E-state index contributed by atoms with van der Waals surface area (Å²) in [6.07, 6.45) is 4.73. The van der Waals surface area contributed by atoms with Crippen LogP contribution in [0.3, 0.4) is 0 Å². The molecule has 0 aliphatic rings. The lowest BCUT2D eigenvalue weighted by Crippen LogP contribution is -2.11. The van der Waals surface area contributed by atoms with Crippen LogP contribution >= 0.6 is 0 Å². The van der Waals surface area contributed by atoms with E-state index in [1.54, 1.807) is 17.9 Å². The highest BCUT2D eigenvalue weighted by Gasteiger charge is 2.13. The van der Waals surface area contributed by atoms with E-state index in [9.17, 15) is 9.59 Å². The molecule has 2 rings (SSSR count). The van der Waals surface area contributed by atoms with E-state index in [0.29, 0.717) is 19.6 Å². The second-order valence-electron chi connectivity index (χ2n) is 5.63. The van der Waals surface area contributed by atoms with E-state index in [1.807, 2.05) is 13.1 Å². The maximum absolute atomic E-state index is 11.6.